The van der Waals surface area contributed by atoms with E-state index in [1.54, 1.807) is 6.20 Å². The lowest BCUT2D eigenvalue weighted by Crippen LogP contribution is -2.37. The van der Waals surface area contributed by atoms with Crippen LogP contribution in [-0.2, 0) is 11.3 Å². The number of benzene rings is 1. The highest BCUT2D eigenvalue weighted by atomic mass is 127. The average molecular weight is 568 g/mol. The van der Waals surface area contributed by atoms with E-state index in [9.17, 15) is 0 Å². The van der Waals surface area contributed by atoms with Crippen LogP contribution in [0.2, 0.25) is 0 Å². The van der Waals surface area contributed by atoms with Gasteiger partial charge in [-0.25, -0.2) is 9.98 Å². The summed E-state index contributed by atoms with van der Waals surface area (Å²) < 4.78 is 11.6. The summed E-state index contributed by atoms with van der Waals surface area (Å²) in [4.78, 5) is 9.06. The van der Waals surface area contributed by atoms with Crippen molar-refractivity contribution >= 4 is 35.8 Å². The molecule has 0 radical (unpaired) electrons. The van der Waals surface area contributed by atoms with Gasteiger partial charge in [-0.2, -0.15) is 0 Å². The first-order valence-corrected chi connectivity index (χ1v) is 11.7. The number of pyridine rings is 1. The van der Waals surface area contributed by atoms with Crippen molar-refractivity contribution in [3.63, 3.8) is 0 Å². The van der Waals surface area contributed by atoms with Crippen LogP contribution in [0.1, 0.15) is 37.3 Å². The summed E-state index contributed by atoms with van der Waals surface area (Å²) in [6.45, 7) is 9.69. The largest absolute Gasteiger partial charge is 0.493 e. The predicted octanol–water partition coefficient (Wildman–Crippen LogP) is 4.37. The van der Waals surface area contributed by atoms with Crippen molar-refractivity contribution in [3.05, 3.63) is 53.7 Å². The fourth-order valence-electron chi connectivity index (χ4n) is 3.50. The molecular weight excluding hydrogens is 529 g/mol. The molecule has 1 unspecified atom stereocenters. The van der Waals surface area contributed by atoms with Crippen LogP contribution in [0.3, 0.4) is 0 Å². The van der Waals surface area contributed by atoms with E-state index in [0.29, 0.717) is 19.1 Å². The molecule has 2 heterocycles. The van der Waals surface area contributed by atoms with Crippen molar-refractivity contribution in [1.82, 2.24) is 15.6 Å². The smallest absolute Gasteiger partial charge is 0.191 e. The zero-order chi connectivity index (χ0) is 22.4. The summed E-state index contributed by atoms with van der Waals surface area (Å²) in [6.07, 6.45) is 4.98. The van der Waals surface area contributed by atoms with Gasteiger partial charge in [0, 0.05) is 43.9 Å². The summed E-state index contributed by atoms with van der Waals surface area (Å²) in [7, 11) is 0. The topological polar surface area (TPSA) is 79.8 Å². The number of nitrogens with one attached hydrogen (secondary N) is 3. The Morgan fingerprint density at radius 2 is 2.06 bits per heavy atom. The summed E-state index contributed by atoms with van der Waals surface area (Å²) >= 11 is 0. The van der Waals surface area contributed by atoms with Gasteiger partial charge in [-0.05, 0) is 56.9 Å². The summed E-state index contributed by atoms with van der Waals surface area (Å²) in [5.41, 5.74) is 2.30. The Bertz CT molecular complexity index is 829. The Morgan fingerprint density at radius 1 is 1.18 bits per heavy atom. The molecule has 182 valence electrons. The fraction of sp³-hybridized carbons (Fsp3) is 0.520. The lowest BCUT2D eigenvalue weighted by molar-refractivity contribution is 0.166. The molecule has 0 bridgehead atoms. The maximum atomic E-state index is 6.15. The normalized spacial score (nSPS) is 15.6. The Hall–Kier alpha value is -2.07. The number of nitrogens with zero attached hydrogens (tertiary/aromatic N) is 2. The van der Waals surface area contributed by atoms with Gasteiger partial charge in [-0.3, -0.25) is 0 Å². The fourth-order valence-corrected chi connectivity index (χ4v) is 3.50. The van der Waals surface area contributed by atoms with Gasteiger partial charge in [0.2, 0.25) is 0 Å². The van der Waals surface area contributed by atoms with Crippen molar-refractivity contribution in [1.29, 1.82) is 0 Å². The van der Waals surface area contributed by atoms with Crippen LogP contribution in [0.15, 0.2) is 47.6 Å². The first-order chi connectivity index (χ1) is 15.7. The van der Waals surface area contributed by atoms with E-state index in [4.69, 9.17) is 14.5 Å². The zero-order valence-electron chi connectivity index (χ0n) is 19.8. The van der Waals surface area contributed by atoms with E-state index in [1.165, 1.54) is 5.56 Å². The average Bonchev–Trinajstić information content (AvgIpc) is 3.33. The maximum Gasteiger partial charge on any atom is 0.191 e. The van der Waals surface area contributed by atoms with E-state index in [2.05, 4.69) is 53.0 Å². The maximum absolute atomic E-state index is 6.15. The van der Waals surface area contributed by atoms with Crippen LogP contribution in [0.25, 0.3) is 0 Å². The van der Waals surface area contributed by atoms with Gasteiger partial charge in [-0.1, -0.05) is 18.2 Å². The van der Waals surface area contributed by atoms with E-state index < -0.39 is 0 Å². The lowest BCUT2D eigenvalue weighted by Gasteiger charge is -2.15. The molecule has 0 saturated carbocycles. The molecule has 33 heavy (non-hydrogen) atoms. The number of hydrogen-bond acceptors (Lipinski definition) is 5. The number of ether oxygens (including phenoxy) is 2. The van der Waals surface area contributed by atoms with Crippen LogP contribution < -0.4 is 20.7 Å². The zero-order valence-corrected chi connectivity index (χ0v) is 22.1. The number of hydrogen-bond donors (Lipinski definition) is 3. The minimum atomic E-state index is 0. The molecule has 8 heteroatoms. The second-order valence-electron chi connectivity index (χ2n) is 8.12. The number of halogens is 1. The summed E-state index contributed by atoms with van der Waals surface area (Å²) in [6, 6.07) is 12.2. The molecule has 1 aromatic heterocycles. The van der Waals surface area contributed by atoms with Crippen LogP contribution >= 0.6 is 24.0 Å². The third-order valence-corrected chi connectivity index (χ3v) is 5.34. The minimum Gasteiger partial charge on any atom is -0.493 e. The number of unbranched alkanes of at least 4 members (excludes halogenated alkanes) is 1. The first-order valence-electron chi connectivity index (χ1n) is 11.7. The molecule has 0 amide bonds. The molecule has 7 nitrogen and oxygen atoms in total. The minimum absolute atomic E-state index is 0. The molecule has 1 atom stereocenters. The highest BCUT2D eigenvalue weighted by Crippen LogP contribution is 2.23. The molecule has 1 aliphatic rings. The summed E-state index contributed by atoms with van der Waals surface area (Å²) in [5, 5.41) is 10.1. The van der Waals surface area contributed by atoms with Crippen molar-refractivity contribution in [2.75, 3.05) is 44.8 Å². The lowest BCUT2D eigenvalue weighted by atomic mass is 10.1. The number of anilines is 1. The highest BCUT2D eigenvalue weighted by molar-refractivity contribution is 14.0. The number of guanidine groups is 1. The van der Waals surface area contributed by atoms with E-state index in [-0.39, 0.29) is 24.0 Å². The quantitative estimate of drug-likeness (QED) is 0.153. The van der Waals surface area contributed by atoms with Crippen LogP contribution in [0, 0.1) is 12.8 Å². The third-order valence-electron chi connectivity index (χ3n) is 5.34. The molecule has 1 aliphatic heterocycles. The van der Waals surface area contributed by atoms with Gasteiger partial charge in [-0.15, -0.1) is 24.0 Å². The SMILES string of the molecule is CCNC(=NCc1ccc(C)cc1OCC1CCOC1)NCCCCNc1ccccn1.I. The van der Waals surface area contributed by atoms with Crippen molar-refractivity contribution < 1.29 is 9.47 Å². The Morgan fingerprint density at radius 3 is 2.82 bits per heavy atom. The van der Waals surface area contributed by atoms with Crippen LogP contribution in [0.5, 0.6) is 5.75 Å². The Labute approximate surface area is 215 Å². The molecule has 2 aromatic rings. The van der Waals surface area contributed by atoms with Crippen molar-refractivity contribution in [2.24, 2.45) is 10.9 Å². The van der Waals surface area contributed by atoms with Gasteiger partial charge in [0.05, 0.1) is 19.8 Å². The Balaban J connectivity index is 0.00000385. The van der Waals surface area contributed by atoms with Gasteiger partial charge < -0.3 is 25.4 Å². The second kappa shape index (κ2) is 15.7. The van der Waals surface area contributed by atoms with Gasteiger partial charge in [0.1, 0.15) is 11.6 Å². The molecule has 3 N–H and O–H groups in total. The van der Waals surface area contributed by atoms with Crippen LogP contribution in [0.4, 0.5) is 5.82 Å². The number of aromatic nitrogens is 1. The molecule has 1 aromatic carbocycles. The predicted molar refractivity (Wildman–Crippen MR) is 146 cm³/mol. The molecule has 0 aliphatic carbocycles. The number of aryl methyl sites for hydroxylation is 1. The molecule has 3 rings (SSSR count). The number of rotatable bonds is 12. The van der Waals surface area contributed by atoms with E-state index in [0.717, 1.165) is 75.2 Å². The molecule has 1 fully saturated rings. The highest BCUT2D eigenvalue weighted by Gasteiger charge is 2.17. The molecular formula is C25H38IN5O2. The monoisotopic (exact) mass is 567 g/mol. The van der Waals surface area contributed by atoms with Gasteiger partial charge >= 0.3 is 0 Å². The first kappa shape index (κ1) is 27.2. The second-order valence-corrected chi connectivity index (χ2v) is 8.12. The standard InChI is InChI=1S/C25H37N5O2.HI/c1-3-26-25(29-14-7-6-13-28-24-8-4-5-12-27-24)30-17-22-10-9-20(2)16-23(22)32-19-21-11-15-31-18-21;/h4-5,8-10,12,16,21H,3,6-7,11,13-15,17-19H2,1-2H3,(H,27,28)(H2,26,29,30);1H. The van der Waals surface area contributed by atoms with Gasteiger partial charge in [0.25, 0.3) is 0 Å². The number of aliphatic imine (C=N–C) groups is 1. The van der Waals surface area contributed by atoms with Crippen molar-refractivity contribution in [3.8, 4) is 5.75 Å². The molecule has 1 saturated heterocycles. The Kier molecular flexibility index (Phi) is 12.9. The third kappa shape index (κ3) is 10.2. The van der Waals surface area contributed by atoms with Gasteiger partial charge in [0.15, 0.2) is 5.96 Å². The van der Waals surface area contributed by atoms with E-state index in [1.807, 2.05) is 18.2 Å². The van der Waals surface area contributed by atoms with E-state index >= 15 is 0 Å². The molecule has 0 spiro atoms. The summed E-state index contributed by atoms with van der Waals surface area (Å²) in [5.74, 6) is 3.17. The van der Waals surface area contributed by atoms with Crippen molar-refractivity contribution in [2.45, 2.75) is 39.7 Å². The van der Waals surface area contributed by atoms with Crippen LogP contribution in [-0.4, -0.2) is 50.4 Å².